The molecule has 1 unspecified atom stereocenters. The van der Waals surface area contributed by atoms with Gasteiger partial charge in [-0.2, -0.15) is 0 Å². The van der Waals surface area contributed by atoms with E-state index >= 15 is 0 Å². The molecule has 3 heteroatoms. The zero-order valence-corrected chi connectivity index (χ0v) is 13.2. The summed E-state index contributed by atoms with van der Waals surface area (Å²) in [5, 5.41) is 3.17. The lowest BCUT2D eigenvalue weighted by atomic mass is 10.1. The highest BCUT2D eigenvalue weighted by Crippen LogP contribution is 2.30. The molecule has 1 heterocycles. The zero-order chi connectivity index (χ0) is 14.8. The normalized spacial score (nSPS) is 23.6. The van der Waals surface area contributed by atoms with E-state index in [1.807, 2.05) is 12.1 Å². The number of carbonyl (C=O) groups is 1. The lowest BCUT2D eigenvalue weighted by molar-refractivity contribution is -0.121. The molecule has 1 atom stereocenters. The summed E-state index contributed by atoms with van der Waals surface area (Å²) in [5.41, 5.74) is 3.38. The van der Waals surface area contributed by atoms with E-state index in [1.165, 1.54) is 36.8 Å². The maximum absolute atomic E-state index is 12.7. The summed E-state index contributed by atoms with van der Waals surface area (Å²) in [6, 6.07) is 6.83. The quantitative estimate of drug-likeness (QED) is 0.920. The molecule has 1 aliphatic carbocycles. The number of amides is 1. The first-order valence-corrected chi connectivity index (χ1v) is 8.29. The first kappa shape index (κ1) is 14.6. The summed E-state index contributed by atoms with van der Waals surface area (Å²) in [4.78, 5) is 15.2. The van der Waals surface area contributed by atoms with Crippen molar-refractivity contribution < 1.29 is 4.79 Å². The fraction of sp³-hybridized carbons (Fsp3) is 0.611. The Kier molecular flexibility index (Phi) is 4.29. The summed E-state index contributed by atoms with van der Waals surface area (Å²) in [7, 11) is 0. The lowest BCUT2D eigenvalue weighted by Crippen LogP contribution is -2.44. The van der Waals surface area contributed by atoms with Gasteiger partial charge in [-0.25, -0.2) is 0 Å². The van der Waals surface area contributed by atoms with Crippen LogP contribution in [0.1, 0.15) is 49.7 Å². The summed E-state index contributed by atoms with van der Waals surface area (Å²) < 4.78 is 0. The fourth-order valence-corrected chi connectivity index (χ4v) is 3.85. The largest absolute Gasteiger partial charge is 0.324 e. The highest BCUT2D eigenvalue weighted by Gasteiger charge is 2.36. The minimum absolute atomic E-state index is 0.0769. The Bertz CT molecular complexity index is 520. The SMILES string of the molecule is Cc1cccc(NC(=O)C2CCCN2C2CCCC2)c1C. The third-order valence-electron chi connectivity index (χ3n) is 5.25. The second kappa shape index (κ2) is 6.18. The Labute approximate surface area is 127 Å². The second-order valence-corrected chi connectivity index (χ2v) is 6.57. The van der Waals surface area contributed by atoms with E-state index in [-0.39, 0.29) is 11.9 Å². The predicted octanol–water partition coefficient (Wildman–Crippen LogP) is 3.65. The molecule has 1 aromatic rings. The van der Waals surface area contributed by atoms with Crippen molar-refractivity contribution in [3.05, 3.63) is 29.3 Å². The van der Waals surface area contributed by atoms with Crippen LogP contribution < -0.4 is 5.32 Å². The number of benzene rings is 1. The van der Waals surface area contributed by atoms with Gasteiger partial charge in [0.25, 0.3) is 0 Å². The van der Waals surface area contributed by atoms with Gasteiger partial charge in [-0.05, 0) is 63.3 Å². The van der Waals surface area contributed by atoms with Crippen LogP contribution in [0.25, 0.3) is 0 Å². The van der Waals surface area contributed by atoms with Crippen LogP contribution in [0.3, 0.4) is 0 Å². The van der Waals surface area contributed by atoms with E-state index in [0.29, 0.717) is 6.04 Å². The van der Waals surface area contributed by atoms with Crippen LogP contribution >= 0.6 is 0 Å². The zero-order valence-electron chi connectivity index (χ0n) is 13.2. The first-order chi connectivity index (χ1) is 10.2. The molecular formula is C18H26N2O. The van der Waals surface area contributed by atoms with E-state index in [9.17, 15) is 4.79 Å². The molecule has 0 spiro atoms. The minimum Gasteiger partial charge on any atom is -0.324 e. The molecule has 1 amide bonds. The van der Waals surface area contributed by atoms with Gasteiger partial charge in [0.2, 0.25) is 5.91 Å². The number of carbonyl (C=O) groups excluding carboxylic acids is 1. The van der Waals surface area contributed by atoms with Gasteiger partial charge < -0.3 is 5.32 Å². The Balaban J connectivity index is 1.70. The Morgan fingerprint density at radius 1 is 1.14 bits per heavy atom. The third kappa shape index (κ3) is 2.98. The van der Waals surface area contributed by atoms with Crippen LogP contribution in [0.4, 0.5) is 5.69 Å². The highest BCUT2D eigenvalue weighted by atomic mass is 16.2. The van der Waals surface area contributed by atoms with Crippen LogP contribution in [0.5, 0.6) is 0 Å². The molecule has 1 aromatic carbocycles. The van der Waals surface area contributed by atoms with Crippen molar-refractivity contribution in [2.24, 2.45) is 0 Å². The number of anilines is 1. The number of likely N-dealkylation sites (tertiary alicyclic amines) is 1. The molecule has 21 heavy (non-hydrogen) atoms. The third-order valence-corrected chi connectivity index (χ3v) is 5.25. The van der Waals surface area contributed by atoms with Gasteiger partial charge in [-0.1, -0.05) is 25.0 Å². The molecular weight excluding hydrogens is 260 g/mol. The topological polar surface area (TPSA) is 32.3 Å². The van der Waals surface area contributed by atoms with Crippen LogP contribution in [0.2, 0.25) is 0 Å². The van der Waals surface area contributed by atoms with Crippen molar-refractivity contribution in [1.29, 1.82) is 0 Å². The summed E-state index contributed by atoms with van der Waals surface area (Å²) in [6.07, 6.45) is 7.36. The van der Waals surface area contributed by atoms with E-state index in [4.69, 9.17) is 0 Å². The van der Waals surface area contributed by atoms with Gasteiger partial charge in [0.15, 0.2) is 0 Å². The molecule has 2 fully saturated rings. The molecule has 1 N–H and O–H groups in total. The highest BCUT2D eigenvalue weighted by molar-refractivity contribution is 5.95. The molecule has 1 saturated carbocycles. The maximum Gasteiger partial charge on any atom is 0.241 e. The molecule has 0 bridgehead atoms. The molecule has 2 aliphatic rings. The number of nitrogens with zero attached hydrogens (tertiary/aromatic N) is 1. The van der Waals surface area contributed by atoms with Crippen LogP contribution in [-0.4, -0.2) is 29.4 Å². The summed E-state index contributed by atoms with van der Waals surface area (Å²) >= 11 is 0. The average Bonchev–Trinajstić information content (AvgIpc) is 3.13. The standard InChI is InChI=1S/C18H26N2O/c1-13-7-5-10-16(14(13)2)19-18(21)17-11-6-12-20(17)15-8-3-4-9-15/h5,7,10,15,17H,3-4,6,8-9,11-12H2,1-2H3,(H,19,21). The van der Waals surface area contributed by atoms with Gasteiger partial charge in [0.05, 0.1) is 6.04 Å². The van der Waals surface area contributed by atoms with Gasteiger partial charge in [0, 0.05) is 11.7 Å². The van der Waals surface area contributed by atoms with Gasteiger partial charge in [0.1, 0.15) is 0 Å². The average molecular weight is 286 g/mol. The smallest absolute Gasteiger partial charge is 0.241 e. The van der Waals surface area contributed by atoms with E-state index in [2.05, 4.69) is 30.1 Å². The van der Waals surface area contributed by atoms with Crippen LogP contribution in [0.15, 0.2) is 18.2 Å². The van der Waals surface area contributed by atoms with Crippen molar-refractivity contribution in [3.8, 4) is 0 Å². The van der Waals surface area contributed by atoms with Crippen molar-refractivity contribution in [2.75, 3.05) is 11.9 Å². The fourth-order valence-electron chi connectivity index (χ4n) is 3.85. The molecule has 0 aromatic heterocycles. The van der Waals surface area contributed by atoms with E-state index < -0.39 is 0 Å². The molecule has 3 rings (SSSR count). The van der Waals surface area contributed by atoms with E-state index in [0.717, 1.165) is 25.1 Å². The Morgan fingerprint density at radius 2 is 1.90 bits per heavy atom. The second-order valence-electron chi connectivity index (χ2n) is 6.57. The van der Waals surface area contributed by atoms with E-state index in [1.54, 1.807) is 0 Å². The van der Waals surface area contributed by atoms with Gasteiger partial charge >= 0.3 is 0 Å². The Morgan fingerprint density at radius 3 is 2.67 bits per heavy atom. The van der Waals surface area contributed by atoms with Crippen LogP contribution in [0, 0.1) is 13.8 Å². The number of hydrogen-bond donors (Lipinski definition) is 1. The van der Waals surface area contributed by atoms with Crippen molar-refractivity contribution in [3.63, 3.8) is 0 Å². The molecule has 3 nitrogen and oxygen atoms in total. The van der Waals surface area contributed by atoms with Gasteiger partial charge in [-0.15, -0.1) is 0 Å². The number of hydrogen-bond acceptors (Lipinski definition) is 2. The van der Waals surface area contributed by atoms with Crippen molar-refractivity contribution in [2.45, 2.75) is 64.5 Å². The number of nitrogens with one attached hydrogen (secondary N) is 1. The molecule has 1 saturated heterocycles. The summed E-state index contributed by atoms with van der Waals surface area (Å²) in [5.74, 6) is 0.188. The van der Waals surface area contributed by atoms with Crippen molar-refractivity contribution in [1.82, 2.24) is 4.90 Å². The Hall–Kier alpha value is -1.35. The monoisotopic (exact) mass is 286 g/mol. The molecule has 114 valence electrons. The predicted molar refractivity (Wildman–Crippen MR) is 86.5 cm³/mol. The van der Waals surface area contributed by atoms with Crippen molar-refractivity contribution >= 4 is 11.6 Å². The lowest BCUT2D eigenvalue weighted by Gasteiger charge is -2.29. The summed E-state index contributed by atoms with van der Waals surface area (Å²) in [6.45, 7) is 5.26. The number of rotatable bonds is 3. The minimum atomic E-state index is 0.0769. The van der Waals surface area contributed by atoms with Gasteiger partial charge in [-0.3, -0.25) is 9.69 Å². The van der Waals surface area contributed by atoms with Crippen LogP contribution in [-0.2, 0) is 4.79 Å². The molecule has 0 radical (unpaired) electrons. The maximum atomic E-state index is 12.7. The number of aryl methyl sites for hydroxylation is 1. The first-order valence-electron chi connectivity index (χ1n) is 8.29. The molecule has 1 aliphatic heterocycles.